The third kappa shape index (κ3) is 5.92. The van der Waals surface area contributed by atoms with Gasteiger partial charge in [-0.2, -0.15) is 0 Å². The largest absolute Gasteiger partial charge is 0.336 e. The van der Waals surface area contributed by atoms with Crippen LogP contribution in [0.4, 0.5) is 5.69 Å². The lowest BCUT2D eigenvalue weighted by molar-refractivity contribution is -0.132. The third-order valence-electron chi connectivity index (χ3n) is 4.17. The van der Waals surface area contributed by atoms with E-state index in [9.17, 15) is 18.0 Å². The van der Waals surface area contributed by atoms with Gasteiger partial charge in [0.15, 0.2) is 9.84 Å². The number of para-hydroxylation sites is 1. The molecule has 0 saturated heterocycles. The first-order chi connectivity index (χ1) is 12.8. The number of sulfone groups is 1. The molecule has 0 aliphatic heterocycles. The van der Waals surface area contributed by atoms with Crippen molar-refractivity contribution < 1.29 is 18.0 Å². The van der Waals surface area contributed by atoms with Crippen LogP contribution in [-0.2, 0) is 25.8 Å². The average molecular weight is 388 g/mol. The van der Waals surface area contributed by atoms with Gasteiger partial charge in [0.1, 0.15) is 0 Å². The van der Waals surface area contributed by atoms with E-state index in [-0.39, 0.29) is 29.5 Å². The zero-order chi connectivity index (χ0) is 19.9. The Morgan fingerprint density at radius 3 is 2.30 bits per heavy atom. The van der Waals surface area contributed by atoms with Crippen LogP contribution in [0.25, 0.3) is 0 Å². The molecule has 0 spiro atoms. The van der Waals surface area contributed by atoms with Gasteiger partial charge in [0.2, 0.25) is 11.8 Å². The van der Waals surface area contributed by atoms with E-state index in [2.05, 4.69) is 5.32 Å². The summed E-state index contributed by atoms with van der Waals surface area (Å²) in [6.07, 6.45) is 0.606. The maximum Gasteiger partial charge on any atom is 0.243 e. The Kier molecular flexibility index (Phi) is 7.12. The highest BCUT2D eigenvalue weighted by molar-refractivity contribution is 7.91. The van der Waals surface area contributed by atoms with E-state index in [1.54, 1.807) is 18.2 Å². The summed E-state index contributed by atoms with van der Waals surface area (Å²) in [5, 5.41) is 2.79. The molecular formula is C20H24N2O4S. The molecule has 0 saturated carbocycles. The molecule has 2 rings (SSSR count). The van der Waals surface area contributed by atoms with Gasteiger partial charge in [-0.15, -0.1) is 0 Å². The minimum atomic E-state index is -3.52. The van der Waals surface area contributed by atoms with Crippen molar-refractivity contribution in [1.29, 1.82) is 0 Å². The lowest BCUT2D eigenvalue weighted by Crippen LogP contribution is -2.35. The fourth-order valence-corrected chi connectivity index (χ4v) is 3.85. The Morgan fingerprint density at radius 2 is 1.63 bits per heavy atom. The van der Waals surface area contributed by atoms with Crippen LogP contribution in [0.15, 0.2) is 59.5 Å². The van der Waals surface area contributed by atoms with Crippen molar-refractivity contribution in [3.8, 4) is 0 Å². The fourth-order valence-electron chi connectivity index (χ4n) is 2.60. The second-order valence-electron chi connectivity index (χ2n) is 6.19. The number of aryl methyl sites for hydroxylation is 1. The second kappa shape index (κ2) is 9.32. The van der Waals surface area contributed by atoms with Crippen molar-refractivity contribution in [3.05, 3.63) is 60.2 Å². The highest BCUT2D eigenvalue weighted by atomic mass is 32.2. The summed E-state index contributed by atoms with van der Waals surface area (Å²) in [5.74, 6) is -1.01. The third-order valence-corrected chi connectivity index (χ3v) is 5.90. The molecule has 144 valence electrons. The molecule has 0 aromatic heterocycles. The SMILES string of the molecule is CCc1ccccc1NC(=O)CN(C)C(=O)CCS(=O)(=O)c1ccccc1. The molecule has 0 fully saturated rings. The zero-order valence-corrected chi connectivity index (χ0v) is 16.3. The fraction of sp³-hybridized carbons (Fsp3) is 0.300. The van der Waals surface area contributed by atoms with Crippen molar-refractivity contribution in [2.24, 2.45) is 0 Å². The van der Waals surface area contributed by atoms with Crippen LogP contribution in [-0.4, -0.2) is 44.5 Å². The van der Waals surface area contributed by atoms with Gasteiger partial charge in [-0.1, -0.05) is 43.3 Å². The number of rotatable bonds is 8. The molecule has 0 bridgehead atoms. The smallest absolute Gasteiger partial charge is 0.243 e. The van der Waals surface area contributed by atoms with Gasteiger partial charge >= 0.3 is 0 Å². The number of amides is 2. The number of anilines is 1. The molecule has 0 aliphatic carbocycles. The zero-order valence-electron chi connectivity index (χ0n) is 15.5. The predicted octanol–water partition coefficient (Wildman–Crippen LogP) is 2.51. The standard InChI is InChI=1S/C20H24N2O4S/c1-3-16-9-7-8-12-18(16)21-19(23)15-22(2)20(24)13-14-27(25,26)17-10-5-4-6-11-17/h4-12H,3,13-15H2,1-2H3,(H,21,23). The predicted molar refractivity (Wildman–Crippen MR) is 105 cm³/mol. The molecule has 0 heterocycles. The number of benzene rings is 2. The molecule has 7 heteroatoms. The number of hydrogen-bond donors (Lipinski definition) is 1. The Hall–Kier alpha value is -2.67. The number of hydrogen-bond acceptors (Lipinski definition) is 4. The molecule has 2 aromatic carbocycles. The summed E-state index contributed by atoms with van der Waals surface area (Å²) >= 11 is 0. The molecule has 2 amide bonds. The van der Waals surface area contributed by atoms with E-state index >= 15 is 0 Å². The lowest BCUT2D eigenvalue weighted by Gasteiger charge is -2.17. The van der Waals surface area contributed by atoms with Crippen molar-refractivity contribution >= 4 is 27.3 Å². The van der Waals surface area contributed by atoms with E-state index in [4.69, 9.17) is 0 Å². The van der Waals surface area contributed by atoms with Crippen LogP contribution in [0.5, 0.6) is 0 Å². The number of nitrogens with zero attached hydrogens (tertiary/aromatic N) is 1. The van der Waals surface area contributed by atoms with Crippen LogP contribution in [0.1, 0.15) is 18.9 Å². The average Bonchev–Trinajstić information content (AvgIpc) is 2.67. The van der Waals surface area contributed by atoms with E-state index < -0.39 is 15.7 Å². The number of carbonyl (C=O) groups is 2. The van der Waals surface area contributed by atoms with Crippen LogP contribution in [0.3, 0.4) is 0 Å². The Bertz CT molecular complexity index is 895. The molecule has 1 N–H and O–H groups in total. The highest BCUT2D eigenvalue weighted by Crippen LogP contribution is 2.15. The summed E-state index contributed by atoms with van der Waals surface area (Å²) < 4.78 is 24.5. The highest BCUT2D eigenvalue weighted by Gasteiger charge is 2.19. The summed E-state index contributed by atoms with van der Waals surface area (Å²) in [5.41, 5.74) is 1.73. The summed E-state index contributed by atoms with van der Waals surface area (Å²) in [4.78, 5) is 25.8. The van der Waals surface area contributed by atoms with Crippen LogP contribution in [0, 0.1) is 0 Å². The first-order valence-corrected chi connectivity index (χ1v) is 10.4. The quantitative estimate of drug-likeness (QED) is 0.753. The maximum absolute atomic E-state index is 12.2. The molecule has 27 heavy (non-hydrogen) atoms. The van der Waals surface area contributed by atoms with Gasteiger partial charge in [-0.05, 0) is 30.2 Å². The Balaban J connectivity index is 1.89. The molecular weight excluding hydrogens is 364 g/mol. The second-order valence-corrected chi connectivity index (χ2v) is 8.30. The summed E-state index contributed by atoms with van der Waals surface area (Å²) in [6, 6.07) is 15.5. The van der Waals surface area contributed by atoms with Crippen molar-refractivity contribution in [1.82, 2.24) is 4.90 Å². The van der Waals surface area contributed by atoms with E-state index in [0.29, 0.717) is 0 Å². The van der Waals surface area contributed by atoms with E-state index in [0.717, 1.165) is 17.7 Å². The monoisotopic (exact) mass is 388 g/mol. The molecule has 0 unspecified atom stereocenters. The summed E-state index contributed by atoms with van der Waals surface area (Å²) in [7, 11) is -2.03. The van der Waals surface area contributed by atoms with Crippen LogP contribution in [0.2, 0.25) is 0 Å². The van der Waals surface area contributed by atoms with Gasteiger partial charge in [0.25, 0.3) is 0 Å². The minimum absolute atomic E-state index is 0.137. The minimum Gasteiger partial charge on any atom is -0.336 e. The van der Waals surface area contributed by atoms with Crippen molar-refractivity contribution in [2.75, 3.05) is 24.7 Å². The van der Waals surface area contributed by atoms with Gasteiger partial charge < -0.3 is 10.2 Å². The molecule has 0 radical (unpaired) electrons. The topological polar surface area (TPSA) is 83.6 Å². The van der Waals surface area contributed by atoms with Gasteiger partial charge in [-0.3, -0.25) is 9.59 Å². The van der Waals surface area contributed by atoms with Crippen molar-refractivity contribution in [3.63, 3.8) is 0 Å². The lowest BCUT2D eigenvalue weighted by atomic mass is 10.1. The Labute approximate surface area is 160 Å². The number of likely N-dealkylation sites (N-methyl/N-ethyl adjacent to an activating group) is 1. The van der Waals surface area contributed by atoms with Crippen molar-refractivity contribution in [2.45, 2.75) is 24.7 Å². The van der Waals surface area contributed by atoms with Gasteiger partial charge in [-0.25, -0.2) is 8.42 Å². The first-order valence-electron chi connectivity index (χ1n) is 8.73. The van der Waals surface area contributed by atoms with E-state index in [1.165, 1.54) is 24.1 Å². The van der Waals surface area contributed by atoms with Gasteiger partial charge in [0, 0.05) is 19.2 Å². The number of nitrogens with one attached hydrogen (secondary N) is 1. The maximum atomic E-state index is 12.2. The van der Waals surface area contributed by atoms with E-state index in [1.807, 2.05) is 31.2 Å². The normalized spacial score (nSPS) is 11.0. The summed E-state index contributed by atoms with van der Waals surface area (Å²) in [6.45, 7) is 1.86. The van der Waals surface area contributed by atoms with Crippen LogP contribution < -0.4 is 5.32 Å². The molecule has 0 atom stereocenters. The molecule has 6 nitrogen and oxygen atoms in total. The Morgan fingerprint density at radius 1 is 1.00 bits per heavy atom. The van der Waals surface area contributed by atoms with Crippen LogP contribution >= 0.6 is 0 Å². The molecule has 2 aromatic rings. The van der Waals surface area contributed by atoms with Gasteiger partial charge in [0.05, 0.1) is 17.2 Å². The molecule has 0 aliphatic rings. The number of carbonyl (C=O) groups excluding carboxylic acids is 2. The first kappa shape index (κ1) is 20.6.